The number of ketones is 1. The first kappa shape index (κ1) is 12.9. The first-order valence-electron chi connectivity index (χ1n) is 5.77. The lowest BCUT2D eigenvalue weighted by Gasteiger charge is -2.09. The lowest BCUT2D eigenvalue weighted by atomic mass is 10.0. The molecule has 1 saturated carbocycles. The number of Topliss-reactive ketones (excluding diaryl/α,β-unsaturated/α-hetero) is 1. The summed E-state index contributed by atoms with van der Waals surface area (Å²) in [5.74, 6) is 0.702. The van der Waals surface area contributed by atoms with Crippen molar-refractivity contribution in [3.05, 3.63) is 33.8 Å². The van der Waals surface area contributed by atoms with Crippen LogP contribution in [0.15, 0.2) is 18.2 Å². The Morgan fingerprint density at radius 3 is 2.71 bits per heavy atom. The third kappa shape index (κ3) is 3.70. The molecule has 0 spiro atoms. The molecule has 0 heterocycles. The Morgan fingerprint density at radius 2 is 2.12 bits per heavy atom. The molecule has 2 rings (SSSR count). The van der Waals surface area contributed by atoms with Gasteiger partial charge in [0.15, 0.2) is 0 Å². The van der Waals surface area contributed by atoms with Crippen LogP contribution in [-0.4, -0.2) is 11.8 Å². The zero-order valence-corrected chi connectivity index (χ0v) is 11.0. The van der Waals surface area contributed by atoms with Crippen LogP contribution < -0.4 is 5.73 Å². The average molecular weight is 272 g/mol. The number of hydrogen-bond donors (Lipinski definition) is 1. The molecule has 1 aliphatic carbocycles. The Morgan fingerprint density at radius 1 is 1.41 bits per heavy atom. The van der Waals surface area contributed by atoms with E-state index < -0.39 is 0 Å². The monoisotopic (exact) mass is 271 g/mol. The SMILES string of the molecule is NC(CC(=O)Cc1ccc(Cl)cc1Cl)C1CC1. The van der Waals surface area contributed by atoms with Crippen molar-refractivity contribution in [3.63, 3.8) is 0 Å². The number of nitrogens with two attached hydrogens (primary N) is 1. The normalized spacial score (nSPS) is 16.9. The third-order valence-electron chi connectivity index (χ3n) is 3.09. The summed E-state index contributed by atoms with van der Waals surface area (Å²) < 4.78 is 0. The van der Waals surface area contributed by atoms with Crippen LogP contribution in [0.1, 0.15) is 24.8 Å². The zero-order valence-electron chi connectivity index (χ0n) is 9.46. The van der Waals surface area contributed by atoms with Gasteiger partial charge in [0.2, 0.25) is 0 Å². The molecule has 1 fully saturated rings. The molecule has 0 radical (unpaired) electrons. The molecule has 2 nitrogen and oxygen atoms in total. The van der Waals surface area contributed by atoms with Crippen molar-refractivity contribution in [2.45, 2.75) is 31.7 Å². The van der Waals surface area contributed by atoms with Crippen LogP contribution in [0.3, 0.4) is 0 Å². The van der Waals surface area contributed by atoms with Crippen molar-refractivity contribution in [2.24, 2.45) is 11.7 Å². The molecule has 2 N–H and O–H groups in total. The molecule has 0 saturated heterocycles. The van der Waals surface area contributed by atoms with Gasteiger partial charge in [-0.2, -0.15) is 0 Å². The Kier molecular flexibility index (Phi) is 4.08. The standard InChI is InChI=1S/C13H15Cl2NO/c14-10-4-3-9(12(15)6-10)5-11(17)7-13(16)8-1-2-8/h3-4,6,8,13H,1-2,5,7,16H2. The summed E-state index contributed by atoms with van der Waals surface area (Å²) >= 11 is 11.8. The number of benzene rings is 1. The van der Waals surface area contributed by atoms with E-state index >= 15 is 0 Å². The maximum Gasteiger partial charge on any atom is 0.138 e. The van der Waals surface area contributed by atoms with Gasteiger partial charge in [-0.1, -0.05) is 29.3 Å². The van der Waals surface area contributed by atoms with Crippen molar-refractivity contribution >= 4 is 29.0 Å². The van der Waals surface area contributed by atoms with Crippen molar-refractivity contribution < 1.29 is 4.79 Å². The van der Waals surface area contributed by atoms with Gasteiger partial charge in [0, 0.05) is 28.9 Å². The molecule has 92 valence electrons. The number of hydrogen-bond acceptors (Lipinski definition) is 2. The minimum Gasteiger partial charge on any atom is -0.327 e. The minimum atomic E-state index is 0.0218. The van der Waals surface area contributed by atoms with Gasteiger partial charge in [0.25, 0.3) is 0 Å². The Labute approximate surface area is 111 Å². The molecule has 17 heavy (non-hydrogen) atoms. The molecular weight excluding hydrogens is 257 g/mol. The summed E-state index contributed by atoms with van der Waals surface area (Å²) in [4.78, 5) is 11.8. The van der Waals surface area contributed by atoms with Crippen LogP contribution in [0, 0.1) is 5.92 Å². The largest absolute Gasteiger partial charge is 0.327 e. The predicted molar refractivity (Wildman–Crippen MR) is 70.5 cm³/mol. The number of carbonyl (C=O) groups excluding carboxylic acids is 1. The predicted octanol–water partition coefficient (Wildman–Crippen LogP) is 3.23. The summed E-state index contributed by atoms with van der Waals surface area (Å²) in [6, 6.07) is 5.22. The van der Waals surface area contributed by atoms with E-state index in [4.69, 9.17) is 28.9 Å². The summed E-state index contributed by atoms with van der Waals surface area (Å²) in [6.07, 6.45) is 3.12. The maximum absolute atomic E-state index is 11.8. The molecule has 1 atom stereocenters. The van der Waals surface area contributed by atoms with Gasteiger partial charge in [-0.3, -0.25) is 4.79 Å². The van der Waals surface area contributed by atoms with Gasteiger partial charge in [-0.15, -0.1) is 0 Å². The number of rotatable bonds is 5. The van der Waals surface area contributed by atoms with Gasteiger partial charge in [-0.05, 0) is 36.5 Å². The molecule has 0 aromatic heterocycles. The van der Waals surface area contributed by atoms with Crippen LogP contribution in [0.5, 0.6) is 0 Å². The Bertz CT molecular complexity index is 429. The fraction of sp³-hybridized carbons (Fsp3) is 0.462. The van der Waals surface area contributed by atoms with E-state index in [2.05, 4.69) is 0 Å². The maximum atomic E-state index is 11.8. The van der Waals surface area contributed by atoms with Gasteiger partial charge < -0.3 is 5.73 Å². The molecule has 1 aromatic rings. The van der Waals surface area contributed by atoms with Crippen LogP contribution in [0.2, 0.25) is 10.0 Å². The first-order chi connectivity index (χ1) is 8.06. The molecule has 0 aliphatic heterocycles. The second-order valence-corrected chi connectivity index (χ2v) is 5.50. The van der Waals surface area contributed by atoms with Gasteiger partial charge >= 0.3 is 0 Å². The quantitative estimate of drug-likeness (QED) is 0.894. The highest BCUT2D eigenvalue weighted by atomic mass is 35.5. The van der Waals surface area contributed by atoms with E-state index in [1.165, 1.54) is 0 Å². The number of halogens is 2. The molecule has 1 aromatic carbocycles. The fourth-order valence-corrected chi connectivity index (χ4v) is 2.38. The fourth-order valence-electron chi connectivity index (χ4n) is 1.90. The molecule has 0 amide bonds. The smallest absolute Gasteiger partial charge is 0.138 e. The van der Waals surface area contributed by atoms with E-state index in [0.717, 1.165) is 18.4 Å². The second kappa shape index (κ2) is 5.38. The lowest BCUT2D eigenvalue weighted by molar-refractivity contribution is -0.118. The molecule has 4 heteroatoms. The molecular formula is C13H15Cl2NO. The van der Waals surface area contributed by atoms with Crippen LogP contribution in [0.25, 0.3) is 0 Å². The first-order valence-corrected chi connectivity index (χ1v) is 6.53. The van der Waals surface area contributed by atoms with Gasteiger partial charge in [0.05, 0.1) is 0 Å². The van der Waals surface area contributed by atoms with Crippen molar-refractivity contribution in [1.29, 1.82) is 0 Å². The minimum absolute atomic E-state index is 0.0218. The Hall–Kier alpha value is -0.570. The number of carbonyl (C=O) groups is 1. The van der Waals surface area contributed by atoms with E-state index in [-0.39, 0.29) is 11.8 Å². The van der Waals surface area contributed by atoms with E-state index in [1.807, 2.05) is 0 Å². The van der Waals surface area contributed by atoms with Crippen LogP contribution in [0.4, 0.5) is 0 Å². The molecule has 1 aliphatic rings. The van der Waals surface area contributed by atoms with Crippen molar-refractivity contribution in [1.82, 2.24) is 0 Å². The summed E-state index contributed by atoms with van der Waals surface area (Å²) in [5, 5.41) is 1.13. The highest BCUT2D eigenvalue weighted by Gasteiger charge is 2.29. The lowest BCUT2D eigenvalue weighted by Crippen LogP contribution is -2.26. The summed E-state index contributed by atoms with van der Waals surface area (Å²) in [5.41, 5.74) is 6.74. The zero-order chi connectivity index (χ0) is 12.4. The van der Waals surface area contributed by atoms with E-state index in [0.29, 0.717) is 28.8 Å². The van der Waals surface area contributed by atoms with E-state index in [9.17, 15) is 4.79 Å². The summed E-state index contributed by atoms with van der Waals surface area (Å²) in [6.45, 7) is 0. The Balaban J connectivity index is 1.92. The van der Waals surface area contributed by atoms with Crippen LogP contribution >= 0.6 is 23.2 Å². The highest BCUT2D eigenvalue weighted by Crippen LogP contribution is 2.33. The van der Waals surface area contributed by atoms with Gasteiger partial charge in [-0.25, -0.2) is 0 Å². The second-order valence-electron chi connectivity index (χ2n) is 4.66. The molecule has 1 unspecified atom stereocenters. The summed E-state index contributed by atoms with van der Waals surface area (Å²) in [7, 11) is 0. The van der Waals surface area contributed by atoms with E-state index in [1.54, 1.807) is 18.2 Å². The average Bonchev–Trinajstić information content (AvgIpc) is 3.05. The topological polar surface area (TPSA) is 43.1 Å². The van der Waals surface area contributed by atoms with Gasteiger partial charge in [0.1, 0.15) is 5.78 Å². The van der Waals surface area contributed by atoms with Crippen molar-refractivity contribution in [2.75, 3.05) is 0 Å². The highest BCUT2D eigenvalue weighted by molar-refractivity contribution is 6.35. The van der Waals surface area contributed by atoms with Crippen molar-refractivity contribution in [3.8, 4) is 0 Å². The molecule has 0 bridgehead atoms. The third-order valence-corrected chi connectivity index (χ3v) is 3.68. The van der Waals surface area contributed by atoms with Crippen LogP contribution in [-0.2, 0) is 11.2 Å².